The molecule has 0 spiro atoms. The molecule has 5 heteroatoms. The molecular weight excluding hydrogens is 284 g/mol. The van der Waals surface area contributed by atoms with Crippen molar-refractivity contribution in [3.05, 3.63) is 53.2 Å². The van der Waals surface area contributed by atoms with Crippen LogP contribution in [0.2, 0.25) is 5.02 Å². The van der Waals surface area contributed by atoms with Gasteiger partial charge in [-0.1, -0.05) is 29.8 Å². The number of hydrogen-bond donors (Lipinski definition) is 1. The third kappa shape index (κ3) is 3.46. The van der Waals surface area contributed by atoms with Gasteiger partial charge in [0.25, 0.3) is 0 Å². The Labute approximate surface area is 130 Å². The minimum Gasteiger partial charge on any atom is -0.384 e. The summed E-state index contributed by atoms with van der Waals surface area (Å²) in [5.41, 5.74) is 7.88. The summed E-state index contributed by atoms with van der Waals surface area (Å²) in [6.07, 6.45) is 0. The second-order valence-corrected chi connectivity index (χ2v) is 5.68. The van der Waals surface area contributed by atoms with Gasteiger partial charge in [0, 0.05) is 32.7 Å². The Morgan fingerprint density at radius 1 is 1.00 bits per heavy atom. The standard InChI is InChI=1S/C16H19ClN4/c17-14-5-1-2-6-15(14)21-10-8-20(9-11-21)12-13-4-3-7-16(18)19-13/h1-7H,8-12H2,(H2,18,19). The van der Waals surface area contributed by atoms with E-state index in [-0.39, 0.29) is 0 Å². The number of para-hydroxylation sites is 1. The Morgan fingerprint density at radius 3 is 2.48 bits per heavy atom. The predicted octanol–water partition coefficient (Wildman–Crippen LogP) is 2.64. The molecule has 0 bridgehead atoms. The molecule has 1 aliphatic rings. The summed E-state index contributed by atoms with van der Waals surface area (Å²) in [7, 11) is 0. The quantitative estimate of drug-likeness (QED) is 0.947. The zero-order chi connectivity index (χ0) is 14.7. The number of halogens is 1. The van der Waals surface area contributed by atoms with Crippen molar-refractivity contribution in [3.63, 3.8) is 0 Å². The summed E-state index contributed by atoms with van der Waals surface area (Å²) < 4.78 is 0. The van der Waals surface area contributed by atoms with Crippen molar-refractivity contribution >= 4 is 23.1 Å². The maximum absolute atomic E-state index is 6.26. The fraction of sp³-hybridized carbons (Fsp3) is 0.312. The van der Waals surface area contributed by atoms with E-state index in [1.165, 1.54) is 0 Å². The first kappa shape index (κ1) is 14.2. The van der Waals surface area contributed by atoms with E-state index in [1.54, 1.807) is 0 Å². The van der Waals surface area contributed by atoms with Crippen LogP contribution in [-0.4, -0.2) is 36.1 Å². The van der Waals surface area contributed by atoms with Gasteiger partial charge in [-0.3, -0.25) is 4.90 Å². The van der Waals surface area contributed by atoms with E-state index in [0.717, 1.165) is 49.1 Å². The molecule has 1 aliphatic heterocycles. The Balaban J connectivity index is 1.59. The Kier molecular flexibility index (Phi) is 4.27. The lowest BCUT2D eigenvalue weighted by atomic mass is 10.2. The number of aromatic nitrogens is 1. The van der Waals surface area contributed by atoms with Crippen molar-refractivity contribution in [2.75, 3.05) is 36.8 Å². The third-order valence-electron chi connectivity index (χ3n) is 3.78. The molecule has 0 saturated carbocycles. The smallest absolute Gasteiger partial charge is 0.123 e. The summed E-state index contributed by atoms with van der Waals surface area (Å²) in [5.74, 6) is 0.585. The SMILES string of the molecule is Nc1cccc(CN2CCN(c3ccccc3Cl)CC2)n1. The molecule has 2 heterocycles. The van der Waals surface area contributed by atoms with Crippen molar-refractivity contribution < 1.29 is 0 Å². The van der Waals surface area contributed by atoms with Gasteiger partial charge in [0.15, 0.2) is 0 Å². The average Bonchev–Trinajstić information content (AvgIpc) is 2.49. The van der Waals surface area contributed by atoms with Crippen LogP contribution in [0.1, 0.15) is 5.69 Å². The number of pyridine rings is 1. The topological polar surface area (TPSA) is 45.4 Å². The minimum atomic E-state index is 0.585. The number of nitrogen functional groups attached to an aromatic ring is 1. The molecular formula is C16H19ClN4. The largest absolute Gasteiger partial charge is 0.384 e. The molecule has 0 amide bonds. The fourth-order valence-electron chi connectivity index (χ4n) is 2.67. The summed E-state index contributed by atoms with van der Waals surface area (Å²) in [4.78, 5) is 9.10. The normalized spacial score (nSPS) is 16.1. The number of nitrogens with zero attached hydrogens (tertiary/aromatic N) is 3. The molecule has 110 valence electrons. The molecule has 1 fully saturated rings. The van der Waals surface area contributed by atoms with Crippen LogP contribution in [0.15, 0.2) is 42.5 Å². The molecule has 0 radical (unpaired) electrons. The van der Waals surface area contributed by atoms with Gasteiger partial charge in [-0.15, -0.1) is 0 Å². The van der Waals surface area contributed by atoms with Crippen LogP contribution in [0.4, 0.5) is 11.5 Å². The van der Waals surface area contributed by atoms with Crippen molar-refractivity contribution in [2.45, 2.75) is 6.54 Å². The van der Waals surface area contributed by atoms with Crippen LogP contribution in [0.3, 0.4) is 0 Å². The lowest BCUT2D eigenvalue weighted by molar-refractivity contribution is 0.247. The van der Waals surface area contributed by atoms with E-state index in [1.807, 2.05) is 36.4 Å². The number of benzene rings is 1. The van der Waals surface area contributed by atoms with Gasteiger partial charge < -0.3 is 10.6 Å². The molecule has 2 aromatic rings. The van der Waals surface area contributed by atoms with Gasteiger partial charge in [0.1, 0.15) is 5.82 Å². The van der Waals surface area contributed by atoms with Crippen LogP contribution >= 0.6 is 11.6 Å². The molecule has 0 unspecified atom stereocenters. The second-order valence-electron chi connectivity index (χ2n) is 5.27. The van der Waals surface area contributed by atoms with E-state index in [4.69, 9.17) is 17.3 Å². The summed E-state index contributed by atoms with van der Waals surface area (Å²) in [6, 6.07) is 13.8. The maximum Gasteiger partial charge on any atom is 0.123 e. The monoisotopic (exact) mass is 302 g/mol. The van der Waals surface area contributed by atoms with Gasteiger partial charge in [0.05, 0.1) is 16.4 Å². The van der Waals surface area contributed by atoms with E-state index in [9.17, 15) is 0 Å². The van der Waals surface area contributed by atoms with Gasteiger partial charge >= 0.3 is 0 Å². The molecule has 0 aliphatic carbocycles. The Bertz CT molecular complexity index is 609. The number of rotatable bonds is 3. The Morgan fingerprint density at radius 2 is 1.76 bits per heavy atom. The molecule has 3 rings (SSSR count). The van der Waals surface area contributed by atoms with Crippen LogP contribution in [0.5, 0.6) is 0 Å². The number of nitrogens with two attached hydrogens (primary N) is 1. The second kappa shape index (κ2) is 6.33. The molecule has 21 heavy (non-hydrogen) atoms. The maximum atomic E-state index is 6.26. The fourth-order valence-corrected chi connectivity index (χ4v) is 2.93. The first-order chi connectivity index (χ1) is 10.2. The highest BCUT2D eigenvalue weighted by Gasteiger charge is 2.19. The van der Waals surface area contributed by atoms with Crippen molar-refractivity contribution in [1.82, 2.24) is 9.88 Å². The van der Waals surface area contributed by atoms with Crippen molar-refractivity contribution in [3.8, 4) is 0 Å². The van der Waals surface area contributed by atoms with E-state index >= 15 is 0 Å². The van der Waals surface area contributed by atoms with E-state index in [2.05, 4.69) is 20.9 Å². The van der Waals surface area contributed by atoms with E-state index in [0.29, 0.717) is 5.82 Å². The van der Waals surface area contributed by atoms with Crippen LogP contribution in [0, 0.1) is 0 Å². The lowest BCUT2D eigenvalue weighted by Gasteiger charge is -2.36. The van der Waals surface area contributed by atoms with Crippen LogP contribution in [0.25, 0.3) is 0 Å². The lowest BCUT2D eigenvalue weighted by Crippen LogP contribution is -2.46. The Hall–Kier alpha value is -1.78. The van der Waals surface area contributed by atoms with Crippen LogP contribution in [-0.2, 0) is 6.54 Å². The molecule has 2 N–H and O–H groups in total. The molecule has 4 nitrogen and oxygen atoms in total. The summed E-state index contributed by atoms with van der Waals surface area (Å²) in [5, 5.41) is 0.823. The van der Waals surface area contributed by atoms with Gasteiger partial charge in [-0.2, -0.15) is 0 Å². The van der Waals surface area contributed by atoms with Crippen molar-refractivity contribution in [1.29, 1.82) is 0 Å². The van der Waals surface area contributed by atoms with E-state index < -0.39 is 0 Å². The molecule has 1 aromatic carbocycles. The first-order valence-electron chi connectivity index (χ1n) is 7.15. The first-order valence-corrected chi connectivity index (χ1v) is 7.53. The van der Waals surface area contributed by atoms with Crippen molar-refractivity contribution in [2.24, 2.45) is 0 Å². The zero-order valence-corrected chi connectivity index (χ0v) is 12.6. The average molecular weight is 303 g/mol. The number of piperazine rings is 1. The third-order valence-corrected chi connectivity index (χ3v) is 4.10. The van der Waals surface area contributed by atoms with Gasteiger partial charge in [0.2, 0.25) is 0 Å². The summed E-state index contributed by atoms with van der Waals surface area (Å²) in [6.45, 7) is 4.81. The van der Waals surface area contributed by atoms with Crippen LogP contribution < -0.4 is 10.6 Å². The number of hydrogen-bond acceptors (Lipinski definition) is 4. The number of anilines is 2. The molecule has 1 saturated heterocycles. The predicted molar refractivity (Wildman–Crippen MR) is 87.6 cm³/mol. The molecule has 1 aromatic heterocycles. The summed E-state index contributed by atoms with van der Waals surface area (Å²) >= 11 is 6.26. The highest BCUT2D eigenvalue weighted by atomic mass is 35.5. The molecule has 0 atom stereocenters. The van der Waals surface area contributed by atoms with Gasteiger partial charge in [-0.25, -0.2) is 4.98 Å². The van der Waals surface area contributed by atoms with Gasteiger partial charge in [-0.05, 0) is 24.3 Å². The highest BCUT2D eigenvalue weighted by Crippen LogP contribution is 2.26. The highest BCUT2D eigenvalue weighted by molar-refractivity contribution is 6.33. The zero-order valence-electron chi connectivity index (χ0n) is 11.9. The minimum absolute atomic E-state index is 0.585.